The second-order valence-corrected chi connectivity index (χ2v) is 6.53. The van der Waals surface area contributed by atoms with Crippen LogP contribution in [0.2, 0.25) is 0 Å². The van der Waals surface area contributed by atoms with Crippen LogP contribution in [0, 0.1) is 6.92 Å². The van der Waals surface area contributed by atoms with E-state index in [0.717, 1.165) is 23.2 Å². The molecule has 3 aromatic rings. The Morgan fingerprint density at radius 1 is 1.04 bits per heavy atom. The molecule has 0 saturated carbocycles. The van der Waals surface area contributed by atoms with E-state index in [1.807, 2.05) is 49.4 Å². The van der Waals surface area contributed by atoms with Gasteiger partial charge in [0.2, 0.25) is 5.96 Å². The van der Waals surface area contributed by atoms with Gasteiger partial charge in [0.15, 0.2) is 0 Å². The number of nitrogens with zero attached hydrogens (tertiary/aromatic N) is 2. The van der Waals surface area contributed by atoms with Crippen molar-refractivity contribution in [3.05, 3.63) is 95.3 Å². The van der Waals surface area contributed by atoms with E-state index in [9.17, 15) is 4.79 Å². The highest BCUT2D eigenvalue weighted by Crippen LogP contribution is 2.12. The van der Waals surface area contributed by atoms with Crippen molar-refractivity contribution in [1.82, 2.24) is 10.3 Å². The molecule has 0 aliphatic carbocycles. The predicted molar refractivity (Wildman–Crippen MR) is 113 cm³/mol. The minimum absolute atomic E-state index is 0.201. The lowest BCUT2D eigenvalue weighted by atomic mass is 10.1. The number of guanidine groups is 1. The molecule has 0 unspecified atom stereocenters. The van der Waals surface area contributed by atoms with Crippen molar-refractivity contribution in [1.29, 1.82) is 0 Å². The predicted octanol–water partition coefficient (Wildman–Crippen LogP) is 4.35. The highest BCUT2D eigenvalue weighted by Gasteiger charge is 2.10. The van der Waals surface area contributed by atoms with Gasteiger partial charge >= 0.3 is 0 Å². The molecule has 5 heteroatoms. The first kappa shape index (κ1) is 19.3. The summed E-state index contributed by atoms with van der Waals surface area (Å²) in [6, 6.07) is 19.4. The summed E-state index contributed by atoms with van der Waals surface area (Å²) in [6.45, 7) is 4.48. The third-order valence-corrected chi connectivity index (χ3v) is 4.25. The molecule has 0 aliphatic heterocycles. The zero-order chi connectivity index (χ0) is 19.8. The zero-order valence-corrected chi connectivity index (χ0v) is 16.1. The molecule has 1 amide bonds. The van der Waals surface area contributed by atoms with Gasteiger partial charge < -0.3 is 5.32 Å². The lowest BCUT2D eigenvalue weighted by Crippen LogP contribution is -2.36. The number of aryl methyl sites for hydroxylation is 2. The summed E-state index contributed by atoms with van der Waals surface area (Å²) in [5.41, 5.74) is 4.69. The molecule has 0 saturated heterocycles. The minimum atomic E-state index is -0.201. The molecule has 5 nitrogen and oxygen atoms in total. The SMILES string of the molecule is CCc1cccc(NC(=NCc2cccnc2)NC(=O)c2cccc(C)c2)c1. The molecule has 3 rings (SSSR count). The Kier molecular flexibility index (Phi) is 6.52. The first-order valence-corrected chi connectivity index (χ1v) is 9.31. The van der Waals surface area contributed by atoms with Gasteiger partial charge in [-0.2, -0.15) is 0 Å². The van der Waals surface area contributed by atoms with E-state index in [0.29, 0.717) is 18.1 Å². The fraction of sp³-hybridized carbons (Fsp3) is 0.174. The topological polar surface area (TPSA) is 66.4 Å². The van der Waals surface area contributed by atoms with Gasteiger partial charge in [-0.1, -0.05) is 42.8 Å². The lowest BCUT2D eigenvalue weighted by molar-refractivity contribution is 0.0977. The maximum absolute atomic E-state index is 12.7. The third kappa shape index (κ3) is 5.51. The lowest BCUT2D eigenvalue weighted by Gasteiger charge is -2.13. The number of carbonyl (C=O) groups excluding carboxylic acids is 1. The van der Waals surface area contributed by atoms with Crippen LogP contribution in [0.25, 0.3) is 0 Å². The number of aromatic nitrogens is 1. The minimum Gasteiger partial charge on any atom is -0.326 e. The summed E-state index contributed by atoms with van der Waals surface area (Å²) in [5, 5.41) is 6.13. The Morgan fingerprint density at radius 2 is 1.86 bits per heavy atom. The van der Waals surface area contributed by atoms with Gasteiger partial charge in [0, 0.05) is 23.6 Å². The summed E-state index contributed by atoms with van der Waals surface area (Å²) >= 11 is 0. The van der Waals surface area contributed by atoms with E-state index in [2.05, 4.69) is 39.7 Å². The van der Waals surface area contributed by atoms with E-state index in [4.69, 9.17) is 0 Å². The van der Waals surface area contributed by atoms with Gasteiger partial charge in [-0.3, -0.25) is 15.1 Å². The van der Waals surface area contributed by atoms with E-state index in [1.54, 1.807) is 18.5 Å². The molecule has 28 heavy (non-hydrogen) atoms. The maximum atomic E-state index is 12.7. The molecule has 1 aromatic heterocycles. The van der Waals surface area contributed by atoms with Crippen molar-refractivity contribution in [2.24, 2.45) is 4.99 Å². The molecular formula is C23H24N4O. The standard InChI is InChI=1S/C23H24N4O/c1-3-18-8-5-11-21(14-18)26-23(25-16-19-9-6-12-24-15-19)27-22(28)20-10-4-7-17(2)13-20/h4-15H,3,16H2,1-2H3,(H2,25,26,27,28). The molecule has 0 radical (unpaired) electrons. The first-order chi connectivity index (χ1) is 13.6. The number of aliphatic imine (C=N–C) groups is 1. The van der Waals surface area contributed by atoms with Crippen molar-refractivity contribution in [3.63, 3.8) is 0 Å². The number of rotatable bonds is 5. The summed E-state index contributed by atoms with van der Waals surface area (Å²) < 4.78 is 0. The summed E-state index contributed by atoms with van der Waals surface area (Å²) in [6.07, 6.45) is 4.43. The Labute approximate surface area is 165 Å². The van der Waals surface area contributed by atoms with Crippen LogP contribution in [-0.4, -0.2) is 16.9 Å². The van der Waals surface area contributed by atoms with Crippen molar-refractivity contribution >= 4 is 17.6 Å². The quantitative estimate of drug-likeness (QED) is 0.517. The number of anilines is 1. The number of pyridine rings is 1. The van der Waals surface area contributed by atoms with Gasteiger partial charge in [0.1, 0.15) is 0 Å². The second-order valence-electron chi connectivity index (χ2n) is 6.53. The number of benzene rings is 2. The van der Waals surface area contributed by atoms with Crippen LogP contribution in [0.4, 0.5) is 5.69 Å². The van der Waals surface area contributed by atoms with Crippen LogP contribution in [0.15, 0.2) is 78.0 Å². The van der Waals surface area contributed by atoms with Gasteiger partial charge in [-0.05, 0) is 54.8 Å². The molecule has 142 valence electrons. The number of nitrogens with one attached hydrogen (secondary N) is 2. The average Bonchev–Trinajstić information content (AvgIpc) is 2.73. The molecule has 0 spiro atoms. The summed E-state index contributed by atoms with van der Waals surface area (Å²) in [7, 11) is 0. The monoisotopic (exact) mass is 372 g/mol. The number of hydrogen-bond donors (Lipinski definition) is 2. The maximum Gasteiger partial charge on any atom is 0.257 e. The smallest absolute Gasteiger partial charge is 0.257 e. The molecular weight excluding hydrogens is 348 g/mol. The van der Waals surface area contributed by atoms with Crippen LogP contribution in [-0.2, 0) is 13.0 Å². The Balaban J connectivity index is 1.81. The zero-order valence-electron chi connectivity index (χ0n) is 16.1. The fourth-order valence-electron chi connectivity index (χ4n) is 2.74. The van der Waals surface area contributed by atoms with Crippen molar-refractivity contribution in [2.75, 3.05) is 5.32 Å². The summed E-state index contributed by atoms with van der Waals surface area (Å²) in [4.78, 5) is 21.4. The highest BCUT2D eigenvalue weighted by molar-refractivity contribution is 6.10. The van der Waals surface area contributed by atoms with Gasteiger partial charge in [-0.25, -0.2) is 4.99 Å². The number of amides is 1. The van der Waals surface area contributed by atoms with E-state index in [1.165, 1.54) is 5.56 Å². The van der Waals surface area contributed by atoms with Gasteiger partial charge in [-0.15, -0.1) is 0 Å². The van der Waals surface area contributed by atoms with E-state index < -0.39 is 0 Å². The summed E-state index contributed by atoms with van der Waals surface area (Å²) in [5.74, 6) is 0.205. The van der Waals surface area contributed by atoms with Gasteiger partial charge in [0.25, 0.3) is 5.91 Å². The Bertz CT molecular complexity index is 967. The van der Waals surface area contributed by atoms with Crippen molar-refractivity contribution < 1.29 is 4.79 Å². The van der Waals surface area contributed by atoms with Crippen LogP contribution in [0.3, 0.4) is 0 Å². The highest BCUT2D eigenvalue weighted by atomic mass is 16.1. The third-order valence-electron chi connectivity index (χ3n) is 4.25. The molecule has 0 atom stereocenters. The molecule has 0 bridgehead atoms. The van der Waals surface area contributed by atoms with Crippen molar-refractivity contribution in [2.45, 2.75) is 26.8 Å². The molecule has 2 N–H and O–H groups in total. The molecule has 2 aromatic carbocycles. The molecule has 1 heterocycles. The van der Waals surface area contributed by atoms with Crippen LogP contribution in [0.1, 0.15) is 34.0 Å². The van der Waals surface area contributed by atoms with Crippen LogP contribution < -0.4 is 10.6 Å². The molecule has 0 aliphatic rings. The second kappa shape index (κ2) is 9.46. The average molecular weight is 372 g/mol. The largest absolute Gasteiger partial charge is 0.326 e. The van der Waals surface area contributed by atoms with E-state index in [-0.39, 0.29) is 5.91 Å². The van der Waals surface area contributed by atoms with Crippen LogP contribution >= 0.6 is 0 Å². The van der Waals surface area contributed by atoms with Crippen LogP contribution in [0.5, 0.6) is 0 Å². The normalized spacial score (nSPS) is 11.1. The first-order valence-electron chi connectivity index (χ1n) is 9.31. The van der Waals surface area contributed by atoms with Crippen molar-refractivity contribution in [3.8, 4) is 0 Å². The van der Waals surface area contributed by atoms with Gasteiger partial charge in [0.05, 0.1) is 6.54 Å². The Morgan fingerprint density at radius 3 is 2.61 bits per heavy atom. The number of hydrogen-bond acceptors (Lipinski definition) is 3. The molecule has 0 fully saturated rings. The Hall–Kier alpha value is -3.47. The van der Waals surface area contributed by atoms with E-state index >= 15 is 0 Å². The number of carbonyl (C=O) groups is 1. The fourth-order valence-corrected chi connectivity index (χ4v) is 2.74.